The van der Waals surface area contributed by atoms with Gasteiger partial charge in [0, 0.05) is 58.9 Å². The summed E-state index contributed by atoms with van der Waals surface area (Å²) in [5, 5.41) is 3.34. The first-order valence-electron chi connectivity index (χ1n) is 11.3. The third-order valence-corrected chi connectivity index (χ3v) is 6.19. The van der Waals surface area contributed by atoms with Crippen molar-refractivity contribution in [1.82, 2.24) is 14.9 Å². The predicted molar refractivity (Wildman–Crippen MR) is 116 cm³/mol. The minimum Gasteiger partial charge on any atom is -0.384 e. The summed E-state index contributed by atoms with van der Waals surface area (Å²) in [6, 6.07) is 2.05. The molecule has 7 heteroatoms. The highest BCUT2D eigenvalue weighted by Crippen LogP contribution is 2.26. The molecule has 29 heavy (non-hydrogen) atoms. The first-order chi connectivity index (χ1) is 14.2. The molecule has 0 spiro atoms. The minimum absolute atomic E-state index is 0.325. The summed E-state index contributed by atoms with van der Waals surface area (Å²) in [5.74, 6) is 3.38. The van der Waals surface area contributed by atoms with E-state index in [1.807, 2.05) is 6.07 Å². The number of likely N-dealkylation sites (tertiary alicyclic amines) is 1. The fourth-order valence-corrected chi connectivity index (χ4v) is 4.45. The Hall–Kier alpha value is -1.89. The molecule has 1 N–H and O–H groups in total. The summed E-state index contributed by atoms with van der Waals surface area (Å²) in [4.78, 5) is 25.9. The zero-order valence-corrected chi connectivity index (χ0v) is 18.1. The quantitative estimate of drug-likeness (QED) is 0.683. The van der Waals surface area contributed by atoms with Gasteiger partial charge in [0.05, 0.1) is 0 Å². The summed E-state index contributed by atoms with van der Waals surface area (Å²) in [7, 11) is 1.76. The van der Waals surface area contributed by atoms with E-state index in [1.165, 1.54) is 6.42 Å². The Morgan fingerprint density at radius 1 is 1.21 bits per heavy atom. The second-order valence-electron chi connectivity index (χ2n) is 8.46. The number of methoxy groups -OCH3 is 1. The number of anilines is 2. The van der Waals surface area contributed by atoms with Crippen molar-refractivity contribution < 1.29 is 9.53 Å². The van der Waals surface area contributed by atoms with Crippen molar-refractivity contribution in [3.05, 3.63) is 12.4 Å². The first-order valence-corrected chi connectivity index (χ1v) is 11.3. The van der Waals surface area contributed by atoms with E-state index in [0.717, 1.165) is 83.1 Å². The highest BCUT2D eigenvalue weighted by molar-refractivity contribution is 5.76. The molecule has 0 aromatic carbocycles. The van der Waals surface area contributed by atoms with Crippen molar-refractivity contribution >= 4 is 17.5 Å². The summed E-state index contributed by atoms with van der Waals surface area (Å²) in [6.45, 7) is 7.67. The zero-order chi connectivity index (χ0) is 20.5. The van der Waals surface area contributed by atoms with Crippen molar-refractivity contribution in [1.29, 1.82) is 0 Å². The maximum Gasteiger partial charge on any atom is 0.222 e. The normalized spacial score (nSPS) is 20.7. The molecule has 2 saturated heterocycles. The number of ether oxygens (including phenoxy) is 1. The lowest BCUT2D eigenvalue weighted by Crippen LogP contribution is -2.40. The number of piperidine rings is 2. The lowest BCUT2D eigenvalue weighted by molar-refractivity contribution is -0.133. The van der Waals surface area contributed by atoms with E-state index >= 15 is 0 Å². The van der Waals surface area contributed by atoms with Gasteiger partial charge in [-0.15, -0.1) is 0 Å². The Morgan fingerprint density at radius 2 is 2.03 bits per heavy atom. The smallest absolute Gasteiger partial charge is 0.222 e. The van der Waals surface area contributed by atoms with Crippen LogP contribution < -0.4 is 10.2 Å². The van der Waals surface area contributed by atoms with Gasteiger partial charge >= 0.3 is 0 Å². The molecule has 0 bridgehead atoms. The molecular weight excluding hydrogens is 366 g/mol. The standard InChI is InChI=1S/C22H37N5O2/c1-3-10-23-20-14-21(25-17-24-20)27-11-4-5-18(15-27)6-7-22(28)26-12-8-19(9-13-26)16-29-2/h14,17-19H,3-13,15-16H2,1-2H3,(H,23,24,25)/t18-/m0/s1. The highest BCUT2D eigenvalue weighted by atomic mass is 16.5. The average molecular weight is 404 g/mol. The number of hydrogen-bond acceptors (Lipinski definition) is 6. The highest BCUT2D eigenvalue weighted by Gasteiger charge is 2.25. The Bertz CT molecular complexity index is 633. The van der Waals surface area contributed by atoms with Crippen molar-refractivity contribution in [2.24, 2.45) is 11.8 Å². The van der Waals surface area contributed by atoms with Crippen molar-refractivity contribution in [2.75, 3.05) is 56.7 Å². The Morgan fingerprint density at radius 3 is 2.79 bits per heavy atom. The monoisotopic (exact) mass is 403 g/mol. The summed E-state index contributed by atoms with van der Waals surface area (Å²) in [6.07, 6.45) is 8.85. The summed E-state index contributed by atoms with van der Waals surface area (Å²) >= 11 is 0. The van der Waals surface area contributed by atoms with Gasteiger partial charge < -0.3 is 19.9 Å². The number of carbonyl (C=O) groups is 1. The molecule has 0 aliphatic carbocycles. The van der Waals surface area contributed by atoms with Gasteiger partial charge in [-0.3, -0.25) is 4.79 Å². The van der Waals surface area contributed by atoms with Crippen molar-refractivity contribution in [2.45, 2.75) is 51.9 Å². The van der Waals surface area contributed by atoms with Gasteiger partial charge in [-0.05, 0) is 50.4 Å². The fourth-order valence-electron chi connectivity index (χ4n) is 4.45. The maximum atomic E-state index is 12.7. The molecule has 1 aromatic rings. The van der Waals surface area contributed by atoms with Crippen LogP contribution in [0.4, 0.5) is 11.6 Å². The van der Waals surface area contributed by atoms with E-state index in [-0.39, 0.29) is 0 Å². The lowest BCUT2D eigenvalue weighted by Gasteiger charge is -2.35. The molecule has 0 saturated carbocycles. The SMILES string of the molecule is CCCNc1cc(N2CCC[C@@H](CCC(=O)N3CCC(COC)CC3)C2)ncn1. The van der Waals surface area contributed by atoms with E-state index in [2.05, 4.69) is 32.0 Å². The van der Waals surface area contributed by atoms with Crippen LogP contribution in [0.2, 0.25) is 0 Å². The second-order valence-corrected chi connectivity index (χ2v) is 8.46. The maximum absolute atomic E-state index is 12.7. The number of aromatic nitrogens is 2. The van der Waals surface area contributed by atoms with Gasteiger partial charge in [0.2, 0.25) is 5.91 Å². The molecule has 0 radical (unpaired) electrons. The minimum atomic E-state index is 0.325. The van der Waals surface area contributed by atoms with Gasteiger partial charge in [0.25, 0.3) is 0 Å². The molecular formula is C22H37N5O2. The van der Waals surface area contributed by atoms with Gasteiger partial charge in [-0.2, -0.15) is 0 Å². The van der Waals surface area contributed by atoms with Crippen LogP contribution in [0.5, 0.6) is 0 Å². The number of nitrogens with zero attached hydrogens (tertiary/aromatic N) is 4. The van der Waals surface area contributed by atoms with Crippen molar-refractivity contribution in [3.63, 3.8) is 0 Å². The number of amides is 1. The lowest BCUT2D eigenvalue weighted by atomic mass is 9.92. The molecule has 2 aliphatic heterocycles. The van der Waals surface area contributed by atoms with Crippen LogP contribution in [0.1, 0.15) is 51.9 Å². The van der Waals surface area contributed by atoms with Crippen LogP contribution in [0.25, 0.3) is 0 Å². The third kappa shape index (κ3) is 6.56. The second kappa shape index (κ2) is 11.3. The molecule has 1 aromatic heterocycles. The van der Waals surface area contributed by atoms with E-state index in [9.17, 15) is 4.79 Å². The molecule has 162 valence electrons. The summed E-state index contributed by atoms with van der Waals surface area (Å²) in [5.41, 5.74) is 0. The Kier molecular flexibility index (Phi) is 8.52. The first kappa shape index (κ1) is 21.8. The van der Waals surface area contributed by atoms with Crippen LogP contribution >= 0.6 is 0 Å². The van der Waals surface area contributed by atoms with Gasteiger partial charge in [-0.1, -0.05) is 6.92 Å². The molecule has 3 rings (SSSR count). The molecule has 0 unspecified atom stereocenters. The van der Waals surface area contributed by atoms with E-state index in [0.29, 0.717) is 24.2 Å². The van der Waals surface area contributed by atoms with Gasteiger partial charge in [0.1, 0.15) is 18.0 Å². The number of nitrogens with one attached hydrogen (secondary N) is 1. The molecule has 2 fully saturated rings. The average Bonchev–Trinajstić information content (AvgIpc) is 2.77. The molecule has 1 amide bonds. The third-order valence-electron chi connectivity index (χ3n) is 6.19. The number of hydrogen-bond donors (Lipinski definition) is 1. The van der Waals surface area contributed by atoms with Gasteiger partial charge in [-0.25, -0.2) is 9.97 Å². The number of carbonyl (C=O) groups excluding carboxylic acids is 1. The van der Waals surface area contributed by atoms with Crippen LogP contribution in [0, 0.1) is 11.8 Å². The number of rotatable bonds is 9. The molecule has 7 nitrogen and oxygen atoms in total. The van der Waals surface area contributed by atoms with Crippen LogP contribution in [-0.2, 0) is 9.53 Å². The largest absolute Gasteiger partial charge is 0.384 e. The molecule has 3 heterocycles. The zero-order valence-electron chi connectivity index (χ0n) is 18.1. The Labute approximate surface area is 175 Å². The van der Waals surface area contributed by atoms with Crippen molar-refractivity contribution in [3.8, 4) is 0 Å². The van der Waals surface area contributed by atoms with Gasteiger partial charge in [0.15, 0.2) is 0 Å². The van der Waals surface area contributed by atoms with Crippen LogP contribution in [0.15, 0.2) is 12.4 Å². The predicted octanol–water partition coefficient (Wildman–Crippen LogP) is 3.18. The van der Waals surface area contributed by atoms with Crippen LogP contribution in [-0.4, -0.2) is 67.2 Å². The van der Waals surface area contributed by atoms with Crippen LogP contribution in [0.3, 0.4) is 0 Å². The molecule has 2 aliphatic rings. The fraction of sp³-hybridized carbons (Fsp3) is 0.773. The molecule has 1 atom stereocenters. The van der Waals surface area contributed by atoms with E-state index < -0.39 is 0 Å². The topological polar surface area (TPSA) is 70.6 Å². The Balaban J connectivity index is 1.45. The summed E-state index contributed by atoms with van der Waals surface area (Å²) < 4.78 is 5.26. The van der Waals surface area contributed by atoms with E-state index in [4.69, 9.17) is 4.74 Å². The van der Waals surface area contributed by atoms with E-state index in [1.54, 1.807) is 13.4 Å².